The molecule has 0 amide bonds. The van der Waals surface area contributed by atoms with E-state index in [-0.39, 0.29) is 11.7 Å². The zero-order valence-electron chi connectivity index (χ0n) is 9.28. The summed E-state index contributed by atoms with van der Waals surface area (Å²) >= 11 is 0. The highest BCUT2D eigenvalue weighted by Gasteiger charge is 2.40. The van der Waals surface area contributed by atoms with Crippen molar-refractivity contribution in [3.05, 3.63) is 23.3 Å². The van der Waals surface area contributed by atoms with Crippen LogP contribution in [0.25, 0.3) is 0 Å². The van der Waals surface area contributed by atoms with Crippen LogP contribution in [0.2, 0.25) is 0 Å². The van der Waals surface area contributed by atoms with Gasteiger partial charge in [0, 0.05) is 5.92 Å². The highest BCUT2D eigenvalue weighted by molar-refractivity contribution is 6.06. The van der Waals surface area contributed by atoms with Crippen molar-refractivity contribution in [3.8, 4) is 0 Å². The molecule has 0 aromatic rings. The van der Waals surface area contributed by atoms with E-state index < -0.39 is 11.9 Å². The van der Waals surface area contributed by atoms with Gasteiger partial charge < -0.3 is 5.11 Å². The molecule has 2 atom stereocenters. The summed E-state index contributed by atoms with van der Waals surface area (Å²) in [6, 6.07) is 0. The summed E-state index contributed by atoms with van der Waals surface area (Å²) < 4.78 is 0. The molecule has 3 heteroatoms. The summed E-state index contributed by atoms with van der Waals surface area (Å²) in [6.45, 7) is 5.51. The lowest BCUT2D eigenvalue weighted by Crippen LogP contribution is -2.23. The third kappa shape index (κ3) is 2.01. The third-order valence-corrected chi connectivity index (χ3v) is 3.04. The quantitative estimate of drug-likeness (QED) is 0.571. The number of carboxylic acids is 1. The largest absolute Gasteiger partial charge is 0.480 e. The summed E-state index contributed by atoms with van der Waals surface area (Å²) in [5, 5.41) is 9.01. The van der Waals surface area contributed by atoms with Crippen molar-refractivity contribution in [1.82, 2.24) is 0 Å². The fraction of sp³-hybridized carbons (Fsp3) is 0.500. The molecular formula is C12H16O3. The van der Waals surface area contributed by atoms with Crippen LogP contribution in [-0.2, 0) is 9.59 Å². The van der Waals surface area contributed by atoms with Gasteiger partial charge in [-0.05, 0) is 25.8 Å². The number of ketones is 1. The van der Waals surface area contributed by atoms with Crippen molar-refractivity contribution < 1.29 is 14.7 Å². The van der Waals surface area contributed by atoms with Gasteiger partial charge in [-0.1, -0.05) is 24.6 Å². The first-order valence-corrected chi connectivity index (χ1v) is 5.08. The Kier molecular flexibility index (Phi) is 3.45. The first-order valence-electron chi connectivity index (χ1n) is 5.08. The van der Waals surface area contributed by atoms with Gasteiger partial charge >= 0.3 is 5.97 Å². The van der Waals surface area contributed by atoms with Crippen LogP contribution < -0.4 is 0 Å². The third-order valence-electron chi connectivity index (χ3n) is 3.04. The van der Waals surface area contributed by atoms with Crippen LogP contribution in [0.4, 0.5) is 0 Å². The van der Waals surface area contributed by atoms with Gasteiger partial charge in [-0.3, -0.25) is 9.59 Å². The fourth-order valence-corrected chi connectivity index (χ4v) is 1.94. The van der Waals surface area contributed by atoms with Crippen molar-refractivity contribution >= 4 is 11.8 Å². The lowest BCUT2D eigenvalue weighted by atomic mass is 9.96. The first-order chi connectivity index (χ1) is 7.00. The van der Waals surface area contributed by atoms with Gasteiger partial charge in [0.2, 0.25) is 0 Å². The normalized spacial score (nSPS) is 26.7. The molecule has 0 saturated heterocycles. The van der Waals surface area contributed by atoms with Crippen LogP contribution in [0.1, 0.15) is 27.2 Å². The average Bonchev–Trinajstić information content (AvgIpc) is 2.39. The van der Waals surface area contributed by atoms with E-state index in [1.165, 1.54) is 0 Å². The highest BCUT2D eigenvalue weighted by atomic mass is 16.4. The molecule has 0 heterocycles. The first kappa shape index (κ1) is 11.7. The topological polar surface area (TPSA) is 54.4 Å². The van der Waals surface area contributed by atoms with Crippen molar-refractivity contribution in [1.29, 1.82) is 0 Å². The molecule has 1 aliphatic rings. The van der Waals surface area contributed by atoms with Gasteiger partial charge in [0.25, 0.3) is 0 Å². The molecule has 0 saturated carbocycles. The Labute approximate surface area is 89.5 Å². The summed E-state index contributed by atoms with van der Waals surface area (Å²) in [5.41, 5.74) is 1.68. The average molecular weight is 208 g/mol. The SMILES string of the molecule is C/C=C/CC1=C(C)C(C)C(=O)C1C(=O)O. The maximum Gasteiger partial charge on any atom is 0.318 e. The van der Waals surface area contributed by atoms with Crippen LogP contribution in [-0.4, -0.2) is 16.9 Å². The lowest BCUT2D eigenvalue weighted by molar-refractivity contribution is -0.144. The van der Waals surface area contributed by atoms with E-state index >= 15 is 0 Å². The number of Topliss-reactive ketones (excluding diaryl/α,β-unsaturated/α-hetero) is 1. The lowest BCUT2D eigenvalue weighted by Gasteiger charge is -2.07. The standard InChI is InChI=1S/C12H16O3/c1-4-5-6-9-7(2)8(3)11(13)10(9)12(14)15/h4-5,8,10H,6H2,1-3H3,(H,14,15)/b5-4+. The number of hydrogen-bond donors (Lipinski definition) is 1. The number of carbonyl (C=O) groups excluding carboxylic acids is 1. The molecule has 0 spiro atoms. The van der Waals surface area contributed by atoms with Gasteiger partial charge in [0.05, 0.1) is 0 Å². The number of allylic oxidation sites excluding steroid dienone is 3. The monoisotopic (exact) mass is 208 g/mol. The van der Waals surface area contributed by atoms with Crippen molar-refractivity contribution in [2.75, 3.05) is 0 Å². The van der Waals surface area contributed by atoms with Crippen LogP contribution in [0.15, 0.2) is 23.3 Å². The van der Waals surface area contributed by atoms with E-state index in [9.17, 15) is 9.59 Å². The molecule has 1 rings (SSSR count). The second kappa shape index (κ2) is 4.43. The fourth-order valence-electron chi connectivity index (χ4n) is 1.94. The Morgan fingerprint density at radius 2 is 2.13 bits per heavy atom. The van der Waals surface area contributed by atoms with Gasteiger partial charge in [-0.2, -0.15) is 0 Å². The van der Waals surface area contributed by atoms with E-state index in [4.69, 9.17) is 5.11 Å². The number of carboxylic acid groups (broad SMARTS) is 1. The summed E-state index contributed by atoms with van der Waals surface area (Å²) in [4.78, 5) is 22.7. The highest BCUT2D eigenvalue weighted by Crippen LogP contribution is 2.35. The Hall–Kier alpha value is -1.38. The molecule has 1 aliphatic carbocycles. The minimum absolute atomic E-state index is 0.181. The van der Waals surface area contributed by atoms with Gasteiger partial charge in [-0.25, -0.2) is 0 Å². The molecule has 0 bridgehead atoms. The predicted octanol–water partition coefficient (Wildman–Crippen LogP) is 2.19. The summed E-state index contributed by atoms with van der Waals surface area (Å²) in [5.74, 6) is -2.37. The van der Waals surface area contributed by atoms with Crippen molar-refractivity contribution in [3.63, 3.8) is 0 Å². The maximum absolute atomic E-state index is 11.7. The molecule has 0 aromatic carbocycles. The minimum Gasteiger partial charge on any atom is -0.480 e. The molecule has 1 N–H and O–H groups in total. The maximum atomic E-state index is 11.7. The van der Waals surface area contributed by atoms with Gasteiger partial charge in [-0.15, -0.1) is 0 Å². The van der Waals surface area contributed by atoms with Gasteiger partial charge in [0.15, 0.2) is 5.78 Å². The molecule has 3 nitrogen and oxygen atoms in total. The van der Waals surface area contributed by atoms with Crippen LogP contribution in [0, 0.1) is 11.8 Å². The predicted molar refractivity (Wildman–Crippen MR) is 57.4 cm³/mol. The molecule has 0 aliphatic heterocycles. The summed E-state index contributed by atoms with van der Waals surface area (Å²) in [7, 11) is 0. The van der Waals surface area contributed by atoms with Crippen LogP contribution >= 0.6 is 0 Å². The molecule has 15 heavy (non-hydrogen) atoms. The van der Waals surface area contributed by atoms with Crippen LogP contribution in [0.3, 0.4) is 0 Å². The van der Waals surface area contributed by atoms with Crippen molar-refractivity contribution in [2.45, 2.75) is 27.2 Å². The molecule has 0 fully saturated rings. The van der Waals surface area contributed by atoms with Crippen LogP contribution in [0.5, 0.6) is 0 Å². The Morgan fingerprint density at radius 1 is 1.53 bits per heavy atom. The van der Waals surface area contributed by atoms with Gasteiger partial charge in [0.1, 0.15) is 5.92 Å². The van der Waals surface area contributed by atoms with E-state index in [1.54, 1.807) is 6.92 Å². The Morgan fingerprint density at radius 3 is 2.60 bits per heavy atom. The smallest absolute Gasteiger partial charge is 0.318 e. The Bertz CT molecular complexity index is 350. The second-order valence-corrected chi connectivity index (χ2v) is 3.88. The van der Waals surface area contributed by atoms with E-state index in [0.717, 1.165) is 11.1 Å². The number of hydrogen-bond acceptors (Lipinski definition) is 2. The van der Waals surface area contributed by atoms with E-state index in [2.05, 4.69) is 0 Å². The zero-order chi connectivity index (χ0) is 11.6. The number of rotatable bonds is 3. The Balaban J connectivity index is 3.05. The summed E-state index contributed by atoms with van der Waals surface area (Å²) in [6.07, 6.45) is 4.32. The second-order valence-electron chi connectivity index (χ2n) is 3.88. The molecule has 2 unspecified atom stereocenters. The molecule has 82 valence electrons. The van der Waals surface area contributed by atoms with Crippen molar-refractivity contribution in [2.24, 2.45) is 11.8 Å². The van der Waals surface area contributed by atoms with E-state index in [0.29, 0.717) is 6.42 Å². The number of aliphatic carboxylic acids is 1. The molecule has 0 aromatic heterocycles. The molecule has 0 radical (unpaired) electrons. The molecular weight excluding hydrogens is 192 g/mol. The zero-order valence-corrected chi connectivity index (χ0v) is 9.28. The number of carbonyl (C=O) groups is 2. The minimum atomic E-state index is -1.02. The van der Waals surface area contributed by atoms with E-state index in [1.807, 2.05) is 26.0 Å².